The molecule has 0 atom stereocenters. The number of allylic oxidation sites excluding steroid dienone is 4. The average Bonchev–Trinajstić information content (AvgIpc) is 3.13. The zero-order chi connectivity index (χ0) is 19.9. The van der Waals surface area contributed by atoms with Crippen molar-refractivity contribution in [3.63, 3.8) is 0 Å². The predicted molar refractivity (Wildman–Crippen MR) is 94.8 cm³/mol. The third-order valence-corrected chi connectivity index (χ3v) is 5.12. The van der Waals surface area contributed by atoms with Gasteiger partial charge in [-0.2, -0.15) is 8.78 Å². The van der Waals surface area contributed by atoms with Crippen LogP contribution in [-0.4, -0.2) is 34.3 Å². The van der Waals surface area contributed by atoms with Gasteiger partial charge in [-0.25, -0.2) is 0 Å². The third kappa shape index (κ3) is 3.65. The maximum atomic E-state index is 13.0. The minimum Gasteiger partial charge on any atom is -0.506 e. The SMILES string of the molecule is CC1=C(CC(=O)O)C2=C(C(=O)c3csc(OC(F)F)c3)C(O)=C(Cl)CC2=N1. The van der Waals surface area contributed by atoms with E-state index in [1.165, 1.54) is 5.38 Å². The molecule has 0 amide bonds. The number of Topliss-reactive ketones (excluding diaryl/α,β-unsaturated/α-hetero) is 1. The highest BCUT2D eigenvalue weighted by Crippen LogP contribution is 2.41. The van der Waals surface area contributed by atoms with Crippen LogP contribution >= 0.6 is 22.9 Å². The lowest BCUT2D eigenvalue weighted by Gasteiger charge is -2.19. The Kier molecular flexibility index (Phi) is 5.16. The van der Waals surface area contributed by atoms with Crippen LogP contribution in [0.15, 0.2) is 49.6 Å². The van der Waals surface area contributed by atoms with E-state index < -0.39 is 24.1 Å². The summed E-state index contributed by atoms with van der Waals surface area (Å²) in [5.41, 5.74) is 1.14. The fourth-order valence-electron chi connectivity index (χ4n) is 2.91. The number of carbonyl (C=O) groups excluding carboxylic acids is 1. The second-order valence-electron chi connectivity index (χ2n) is 5.74. The number of ketones is 1. The number of halogens is 3. The molecule has 0 aromatic carbocycles. The molecule has 0 bridgehead atoms. The Bertz CT molecular complexity index is 974. The Balaban J connectivity index is 2.10. The van der Waals surface area contributed by atoms with E-state index >= 15 is 0 Å². The average molecular weight is 416 g/mol. The van der Waals surface area contributed by atoms with Gasteiger partial charge >= 0.3 is 12.6 Å². The zero-order valence-corrected chi connectivity index (χ0v) is 15.3. The predicted octanol–water partition coefficient (Wildman–Crippen LogP) is 4.44. The van der Waals surface area contributed by atoms with E-state index in [9.17, 15) is 23.5 Å². The number of rotatable bonds is 6. The molecule has 27 heavy (non-hydrogen) atoms. The number of fused-ring (bicyclic) bond motifs is 1. The van der Waals surface area contributed by atoms with Crippen molar-refractivity contribution in [2.75, 3.05) is 0 Å². The van der Waals surface area contributed by atoms with E-state index in [1.807, 2.05) is 0 Å². The molecule has 0 radical (unpaired) electrons. The van der Waals surface area contributed by atoms with E-state index in [1.54, 1.807) is 6.92 Å². The van der Waals surface area contributed by atoms with Crippen LogP contribution < -0.4 is 4.74 Å². The molecule has 10 heteroatoms. The van der Waals surface area contributed by atoms with Gasteiger partial charge < -0.3 is 14.9 Å². The molecule has 6 nitrogen and oxygen atoms in total. The van der Waals surface area contributed by atoms with Crippen molar-refractivity contribution in [3.8, 4) is 5.06 Å². The molecule has 1 aliphatic heterocycles. The van der Waals surface area contributed by atoms with E-state index in [4.69, 9.17) is 16.7 Å². The summed E-state index contributed by atoms with van der Waals surface area (Å²) in [5.74, 6) is -2.29. The molecule has 1 aliphatic carbocycles. The number of hydrogen-bond acceptors (Lipinski definition) is 6. The van der Waals surface area contributed by atoms with Crippen LogP contribution in [0.25, 0.3) is 0 Å². The molecular weight excluding hydrogens is 404 g/mol. The number of carbonyl (C=O) groups is 2. The largest absolute Gasteiger partial charge is 0.506 e. The molecule has 0 saturated heterocycles. The lowest BCUT2D eigenvalue weighted by Crippen LogP contribution is -2.19. The number of alkyl halides is 2. The molecule has 0 spiro atoms. The summed E-state index contributed by atoms with van der Waals surface area (Å²) in [5, 5.41) is 20.7. The lowest BCUT2D eigenvalue weighted by atomic mass is 9.85. The quantitative estimate of drug-likeness (QED) is 0.669. The van der Waals surface area contributed by atoms with Gasteiger partial charge in [-0.15, -0.1) is 11.3 Å². The summed E-state index contributed by atoms with van der Waals surface area (Å²) in [4.78, 5) is 28.4. The van der Waals surface area contributed by atoms with Crippen LogP contribution in [0.3, 0.4) is 0 Å². The highest BCUT2D eigenvalue weighted by molar-refractivity contribution is 7.12. The van der Waals surface area contributed by atoms with Crippen molar-refractivity contribution in [1.29, 1.82) is 0 Å². The van der Waals surface area contributed by atoms with Crippen molar-refractivity contribution >= 4 is 40.4 Å². The van der Waals surface area contributed by atoms with Gasteiger partial charge in [0.25, 0.3) is 0 Å². The number of aliphatic imine (C=N–C) groups is 1. The molecular formula is C17H12ClF2NO5S. The van der Waals surface area contributed by atoms with Crippen molar-refractivity contribution in [3.05, 3.63) is 50.2 Å². The van der Waals surface area contributed by atoms with Crippen molar-refractivity contribution in [2.24, 2.45) is 4.99 Å². The zero-order valence-electron chi connectivity index (χ0n) is 13.8. The molecule has 1 aromatic heterocycles. The molecule has 2 aliphatic rings. The number of aliphatic hydroxyl groups excluding tert-OH is 1. The Morgan fingerprint density at radius 3 is 2.78 bits per heavy atom. The topological polar surface area (TPSA) is 96.2 Å². The van der Waals surface area contributed by atoms with Crippen LogP contribution in [0.1, 0.15) is 30.1 Å². The summed E-state index contributed by atoms with van der Waals surface area (Å²) >= 11 is 6.84. The minimum absolute atomic E-state index is 0.00893. The Morgan fingerprint density at radius 2 is 2.15 bits per heavy atom. The van der Waals surface area contributed by atoms with Gasteiger partial charge in [0.2, 0.25) is 0 Å². The van der Waals surface area contributed by atoms with Gasteiger partial charge in [0.15, 0.2) is 10.8 Å². The van der Waals surface area contributed by atoms with E-state index in [0.717, 1.165) is 17.4 Å². The number of nitrogens with zero attached hydrogens (tertiary/aromatic N) is 1. The van der Waals surface area contributed by atoms with E-state index in [0.29, 0.717) is 17.0 Å². The van der Waals surface area contributed by atoms with Crippen LogP contribution in [0.2, 0.25) is 0 Å². The van der Waals surface area contributed by atoms with Gasteiger partial charge in [0.05, 0.1) is 22.7 Å². The number of carboxylic acid groups (broad SMARTS) is 1. The first-order valence-corrected chi connectivity index (χ1v) is 8.85. The summed E-state index contributed by atoms with van der Waals surface area (Å²) < 4.78 is 28.9. The molecule has 1 aromatic rings. The molecule has 0 saturated carbocycles. The second-order valence-corrected chi connectivity index (χ2v) is 7.07. The van der Waals surface area contributed by atoms with Crippen LogP contribution in [-0.2, 0) is 4.79 Å². The molecule has 0 unspecified atom stereocenters. The smallest absolute Gasteiger partial charge is 0.388 e. The molecule has 2 N–H and O–H groups in total. The van der Waals surface area contributed by atoms with Crippen molar-refractivity contribution in [2.45, 2.75) is 26.4 Å². The number of aliphatic carboxylic acids is 1. The van der Waals surface area contributed by atoms with Gasteiger partial charge in [0, 0.05) is 34.7 Å². The number of ether oxygens (including phenoxy) is 1. The van der Waals surface area contributed by atoms with E-state index in [2.05, 4.69) is 9.73 Å². The highest BCUT2D eigenvalue weighted by atomic mass is 35.5. The number of thiophene rings is 1. The fraction of sp³-hybridized carbons (Fsp3) is 0.235. The Hall–Kier alpha value is -2.52. The van der Waals surface area contributed by atoms with Crippen LogP contribution in [0.4, 0.5) is 8.78 Å². The monoisotopic (exact) mass is 415 g/mol. The first-order chi connectivity index (χ1) is 12.7. The number of carboxylic acids is 1. The normalized spacial score (nSPS) is 16.9. The van der Waals surface area contributed by atoms with Gasteiger partial charge in [0.1, 0.15) is 5.76 Å². The maximum absolute atomic E-state index is 13.0. The summed E-state index contributed by atoms with van der Waals surface area (Å²) in [7, 11) is 0. The standard InChI is InChI=1S/C17H12ClF2NO5S/c1-6-8(3-11(22)23)13-10(21-6)4-9(18)16(25)14(13)15(24)7-2-12(27-5-7)26-17(19)20/h2,5,17,25H,3-4H2,1H3,(H,22,23). The lowest BCUT2D eigenvalue weighted by molar-refractivity contribution is -0.136. The number of aliphatic hydroxyl groups is 1. The van der Waals surface area contributed by atoms with Crippen LogP contribution in [0.5, 0.6) is 5.06 Å². The first kappa shape index (κ1) is 19.2. The summed E-state index contributed by atoms with van der Waals surface area (Å²) in [6, 6.07) is 1.13. The number of hydrogen-bond donors (Lipinski definition) is 2. The van der Waals surface area contributed by atoms with Gasteiger partial charge in [-0.1, -0.05) is 11.6 Å². The molecule has 0 fully saturated rings. The van der Waals surface area contributed by atoms with Gasteiger partial charge in [-0.05, 0) is 12.5 Å². The maximum Gasteiger partial charge on any atom is 0.388 e. The Morgan fingerprint density at radius 1 is 1.44 bits per heavy atom. The van der Waals surface area contributed by atoms with Crippen LogP contribution in [0, 0.1) is 0 Å². The first-order valence-electron chi connectivity index (χ1n) is 7.59. The fourth-order valence-corrected chi connectivity index (χ4v) is 3.87. The van der Waals surface area contributed by atoms with Gasteiger partial charge in [-0.3, -0.25) is 14.6 Å². The minimum atomic E-state index is -3.03. The molecule has 3 rings (SSSR count). The summed E-state index contributed by atoms with van der Waals surface area (Å²) in [6.07, 6.45) is -0.331. The highest BCUT2D eigenvalue weighted by Gasteiger charge is 2.36. The summed E-state index contributed by atoms with van der Waals surface area (Å²) in [6.45, 7) is -1.43. The van der Waals surface area contributed by atoms with E-state index in [-0.39, 0.29) is 39.6 Å². The molecule has 142 valence electrons. The van der Waals surface area contributed by atoms with Crippen molar-refractivity contribution in [1.82, 2.24) is 0 Å². The Labute approximate surface area is 160 Å². The second kappa shape index (κ2) is 7.24. The van der Waals surface area contributed by atoms with Crippen molar-refractivity contribution < 1.29 is 33.3 Å². The molecule has 2 heterocycles. The third-order valence-electron chi connectivity index (χ3n) is 3.99.